The molecular weight excluding hydrogens is 304 g/mol. The Bertz CT molecular complexity index is 704. The first-order valence-electron chi connectivity index (χ1n) is 8.69. The van der Waals surface area contributed by atoms with Gasteiger partial charge in [0.2, 0.25) is 0 Å². The number of urea groups is 1. The van der Waals surface area contributed by atoms with Crippen LogP contribution in [0.5, 0.6) is 0 Å². The highest BCUT2D eigenvalue weighted by Gasteiger charge is 2.21. The Balaban J connectivity index is 1.69. The van der Waals surface area contributed by atoms with E-state index in [1.165, 1.54) is 0 Å². The number of nitrogens with zero attached hydrogens (tertiary/aromatic N) is 3. The van der Waals surface area contributed by atoms with Gasteiger partial charge in [-0.1, -0.05) is 0 Å². The number of ether oxygens (including phenoxy) is 1. The molecule has 6 heteroatoms. The molecule has 2 aromatic rings. The Morgan fingerprint density at radius 3 is 3.00 bits per heavy atom. The van der Waals surface area contributed by atoms with Crippen LogP contribution in [-0.2, 0) is 4.74 Å². The summed E-state index contributed by atoms with van der Waals surface area (Å²) >= 11 is 0. The first kappa shape index (κ1) is 16.8. The molecular formula is C18H26N4O2. The molecule has 2 amide bonds. The van der Waals surface area contributed by atoms with E-state index >= 15 is 0 Å². The van der Waals surface area contributed by atoms with Crippen molar-refractivity contribution in [3.63, 3.8) is 0 Å². The minimum absolute atomic E-state index is 0.0556. The van der Waals surface area contributed by atoms with Gasteiger partial charge >= 0.3 is 6.03 Å². The van der Waals surface area contributed by atoms with Gasteiger partial charge in [0.05, 0.1) is 12.1 Å². The maximum atomic E-state index is 12.5. The van der Waals surface area contributed by atoms with Gasteiger partial charge in [0, 0.05) is 48.9 Å². The van der Waals surface area contributed by atoms with Crippen LogP contribution < -0.4 is 5.32 Å². The van der Waals surface area contributed by atoms with Crippen LogP contribution >= 0.6 is 0 Å². The lowest BCUT2D eigenvalue weighted by Gasteiger charge is -2.24. The molecule has 0 radical (unpaired) electrons. The molecule has 0 unspecified atom stereocenters. The van der Waals surface area contributed by atoms with Gasteiger partial charge in [-0.05, 0) is 45.4 Å². The molecule has 0 aliphatic carbocycles. The maximum Gasteiger partial charge on any atom is 0.321 e. The molecule has 130 valence electrons. The fourth-order valence-corrected chi connectivity index (χ4v) is 2.98. The number of nitrogens with one attached hydrogen (secondary N) is 1. The second-order valence-electron chi connectivity index (χ2n) is 6.67. The molecule has 0 bridgehead atoms. The maximum absolute atomic E-state index is 12.5. The molecule has 1 aliphatic heterocycles. The molecule has 1 atom stereocenters. The average molecular weight is 330 g/mol. The second kappa shape index (κ2) is 7.21. The van der Waals surface area contributed by atoms with Crippen LogP contribution in [0.2, 0.25) is 0 Å². The molecule has 6 nitrogen and oxygen atoms in total. The molecule has 1 aromatic carbocycles. The molecule has 24 heavy (non-hydrogen) atoms. The van der Waals surface area contributed by atoms with Gasteiger partial charge in [-0.3, -0.25) is 4.68 Å². The topological polar surface area (TPSA) is 59.4 Å². The summed E-state index contributed by atoms with van der Waals surface area (Å²) in [6.45, 7) is 9.20. The van der Waals surface area contributed by atoms with Crippen molar-refractivity contribution in [3.05, 3.63) is 24.4 Å². The molecule has 1 fully saturated rings. The van der Waals surface area contributed by atoms with Crippen molar-refractivity contribution in [1.29, 1.82) is 0 Å². The van der Waals surface area contributed by atoms with E-state index in [2.05, 4.69) is 24.3 Å². The lowest BCUT2D eigenvalue weighted by atomic mass is 10.1. The predicted molar refractivity (Wildman–Crippen MR) is 95.3 cm³/mol. The van der Waals surface area contributed by atoms with Crippen LogP contribution in [0.4, 0.5) is 10.5 Å². The third kappa shape index (κ3) is 3.70. The summed E-state index contributed by atoms with van der Waals surface area (Å²) in [5.74, 6) is 0.447. The highest BCUT2D eigenvalue weighted by atomic mass is 16.5. The third-order valence-corrected chi connectivity index (χ3v) is 4.47. The molecule has 0 saturated carbocycles. The van der Waals surface area contributed by atoms with Crippen molar-refractivity contribution in [1.82, 2.24) is 14.7 Å². The van der Waals surface area contributed by atoms with Gasteiger partial charge in [-0.15, -0.1) is 0 Å². The number of benzene rings is 1. The Morgan fingerprint density at radius 1 is 1.50 bits per heavy atom. The fourth-order valence-electron chi connectivity index (χ4n) is 2.98. The van der Waals surface area contributed by atoms with E-state index in [9.17, 15) is 4.79 Å². The fraction of sp³-hybridized carbons (Fsp3) is 0.556. The predicted octanol–water partition coefficient (Wildman–Crippen LogP) is 3.51. The number of carbonyl (C=O) groups is 1. The number of fused-ring (bicyclic) bond motifs is 1. The Morgan fingerprint density at radius 2 is 2.33 bits per heavy atom. The third-order valence-electron chi connectivity index (χ3n) is 4.47. The quantitative estimate of drug-likeness (QED) is 0.912. The van der Waals surface area contributed by atoms with Crippen molar-refractivity contribution < 1.29 is 9.53 Å². The first-order chi connectivity index (χ1) is 11.6. The summed E-state index contributed by atoms with van der Waals surface area (Å²) in [6, 6.07) is 6.10. The van der Waals surface area contributed by atoms with Crippen molar-refractivity contribution >= 4 is 22.6 Å². The van der Waals surface area contributed by atoms with Crippen LogP contribution in [0.15, 0.2) is 24.4 Å². The number of amides is 2. The van der Waals surface area contributed by atoms with Crippen LogP contribution in [-0.4, -0.2) is 47.0 Å². The standard InChI is InChI=1S/C18H26N4O2/c1-4-21(10-14-7-8-24-12-14)18(23)19-16-5-6-17-15(9-16)11-22(20-17)13(2)3/h5-6,9,11,13-14H,4,7-8,10,12H2,1-3H3,(H,19,23)/t14-/m1/s1. The van der Waals surface area contributed by atoms with Crippen LogP contribution in [0.1, 0.15) is 33.2 Å². The number of carbonyl (C=O) groups excluding carboxylic acids is 1. The van der Waals surface area contributed by atoms with Crippen LogP contribution in [0.3, 0.4) is 0 Å². The lowest BCUT2D eigenvalue weighted by Crippen LogP contribution is -2.38. The van der Waals surface area contributed by atoms with Crippen molar-refractivity contribution in [2.24, 2.45) is 5.92 Å². The zero-order chi connectivity index (χ0) is 17.1. The van der Waals surface area contributed by atoms with Gasteiger partial charge in [0.25, 0.3) is 0 Å². The number of anilines is 1. The zero-order valence-corrected chi connectivity index (χ0v) is 14.7. The van der Waals surface area contributed by atoms with Gasteiger partial charge in [0.15, 0.2) is 0 Å². The number of rotatable bonds is 5. The summed E-state index contributed by atoms with van der Waals surface area (Å²) in [7, 11) is 0. The number of hydrogen-bond acceptors (Lipinski definition) is 3. The van der Waals surface area contributed by atoms with E-state index in [1.807, 2.05) is 40.9 Å². The van der Waals surface area contributed by atoms with Crippen molar-refractivity contribution in [2.45, 2.75) is 33.2 Å². The Kier molecular flexibility index (Phi) is 5.04. The van der Waals surface area contributed by atoms with Gasteiger partial charge in [-0.25, -0.2) is 4.79 Å². The Labute approximate surface area is 142 Å². The average Bonchev–Trinajstić information content (AvgIpc) is 3.21. The summed E-state index contributed by atoms with van der Waals surface area (Å²) in [6.07, 6.45) is 3.05. The highest BCUT2D eigenvalue weighted by molar-refractivity contribution is 5.92. The van der Waals surface area contributed by atoms with E-state index in [0.29, 0.717) is 18.5 Å². The van der Waals surface area contributed by atoms with Crippen molar-refractivity contribution in [2.75, 3.05) is 31.6 Å². The highest BCUT2D eigenvalue weighted by Crippen LogP contribution is 2.20. The van der Waals surface area contributed by atoms with E-state index < -0.39 is 0 Å². The second-order valence-corrected chi connectivity index (χ2v) is 6.67. The Hall–Kier alpha value is -2.08. The van der Waals surface area contributed by atoms with Gasteiger partial charge < -0.3 is 15.0 Å². The van der Waals surface area contributed by atoms with Crippen LogP contribution in [0.25, 0.3) is 10.9 Å². The van der Waals surface area contributed by atoms with E-state index in [0.717, 1.165) is 42.8 Å². The first-order valence-corrected chi connectivity index (χ1v) is 8.69. The minimum atomic E-state index is -0.0556. The molecule has 2 heterocycles. The van der Waals surface area contributed by atoms with Crippen LogP contribution in [0, 0.1) is 5.92 Å². The zero-order valence-electron chi connectivity index (χ0n) is 14.7. The largest absolute Gasteiger partial charge is 0.381 e. The molecule has 1 saturated heterocycles. The minimum Gasteiger partial charge on any atom is -0.381 e. The van der Waals surface area contributed by atoms with E-state index in [4.69, 9.17) is 4.74 Å². The molecule has 0 spiro atoms. The van der Waals surface area contributed by atoms with Gasteiger partial charge in [0.1, 0.15) is 0 Å². The number of hydrogen-bond donors (Lipinski definition) is 1. The molecule has 1 aromatic heterocycles. The number of aromatic nitrogens is 2. The molecule has 1 N–H and O–H groups in total. The lowest BCUT2D eigenvalue weighted by molar-refractivity contribution is 0.171. The smallest absolute Gasteiger partial charge is 0.321 e. The molecule has 1 aliphatic rings. The van der Waals surface area contributed by atoms with E-state index in [-0.39, 0.29) is 6.03 Å². The summed E-state index contributed by atoms with van der Waals surface area (Å²) in [5, 5.41) is 8.57. The summed E-state index contributed by atoms with van der Waals surface area (Å²) in [4.78, 5) is 14.4. The van der Waals surface area contributed by atoms with Crippen molar-refractivity contribution in [3.8, 4) is 0 Å². The van der Waals surface area contributed by atoms with E-state index in [1.54, 1.807) is 0 Å². The monoisotopic (exact) mass is 330 g/mol. The summed E-state index contributed by atoms with van der Waals surface area (Å²) < 4.78 is 7.34. The SMILES string of the molecule is CCN(C[C@H]1CCOC1)C(=O)Nc1ccc2nn(C(C)C)cc2c1. The summed E-state index contributed by atoms with van der Waals surface area (Å²) in [5.41, 5.74) is 1.74. The van der Waals surface area contributed by atoms with Gasteiger partial charge in [-0.2, -0.15) is 5.10 Å². The normalized spacial score (nSPS) is 17.6. The molecule has 3 rings (SSSR count).